The molecule has 0 bridgehead atoms. The summed E-state index contributed by atoms with van der Waals surface area (Å²) in [5, 5.41) is 0. The Labute approximate surface area is 120 Å². The molecule has 1 aromatic heterocycles. The first kappa shape index (κ1) is 13.2. The maximum Gasteiger partial charge on any atom is 0.219 e. The molecule has 2 rings (SSSR count). The van der Waals surface area contributed by atoms with Crippen LogP contribution in [0.5, 0.6) is 0 Å². The summed E-state index contributed by atoms with van der Waals surface area (Å²) in [6.07, 6.45) is -1.48. The summed E-state index contributed by atoms with van der Waals surface area (Å²) in [5.41, 5.74) is 0.304. The van der Waals surface area contributed by atoms with E-state index in [0.29, 0.717) is 14.2 Å². The van der Waals surface area contributed by atoms with E-state index < -0.39 is 16.0 Å². The van der Waals surface area contributed by atoms with E-state index in [0.717, 1.165) is 11.3 Å². The predicted octanol–water partition coefficient (Wildman–Crippen LogP) is 4.38. The van der Waals surface area contributed by atoms with Crippen LogP contribution in [0.25, 0.3) is 0 Å². The van der Waals surface area contributed by atoms with E-state index in [1.54, 1.807) is 0 Å². The number of carbonyl (C=O) groups excluding carboxylic acids is 1. The van der Waals surface area contributed by atoms with E-state index >= 15 is 0 Å². The quantitative estimate of drug-likeness (QED) is 0.454. The Kier molecular flexibility index (Phi) is 3.69. The summed E-state index contributed by atoms with van der Waals surface area (Å²) in [7, 11) is 0. The normalized spacial score (nSPS) is 24.6. The Balaban J connectivity index is 2.14. The van der Waals surface area contributed by atoms with Crippen LogP contribution < -0.4 is 0 Å². The van der Waals surface area contributed by atoms with Crippen molar-refractivity contribution >= 4 is 75.1 Å². The van der Waals surface area contributed by atoms with Crippen LogP contribution in [0.4, 0.5) is 0 Å². The van der Waals surface area contributed by atoms with Crippen LogP contribution in [0.3, 0.4) is 0 Å². The number of ether oxygens (including phenoxy) is 1. The molecule has 0 aromatic carbocycles. The van der Waals surface area contributed by atoms with E-state index in [4.69, 9.17) is 62.7 Å². The highest BCUT2D eigenvalue weighted by Crippen LogP contribution is 2.45. The van der Waals surface area contributed by atoms with Gasteiger partial charge < -0.3 is 4.74 Å². The molecule has 16 heavy (non-hydrogen) atoms. The fourth-order valence-corrected chi connectivity index (χ4v) is 3.19. The summed E-state index contributed by atoms with van der Waals surface area (Å²) >= 11 is 29.5. The molecule has 88 valence electrons. The minimum absolute atomic E-state index is 0.304. The summed E-state index contributed by atoms with van der Waals surface area (Å²) in [4.78, 5) is 11.9. The second-order valence-electron chi connectivity index (χ2n) is 3.12. The Morgan fingerprint density at radius 3 is 2.38 bits per heavy atom. The first-order valence-corrected chi connectivity index (χ1v) is 6.72. The zero-order valence-corrected chi connectivity index (χ0v) is 11.9. The van der Waals surface area contributed by atoms with Gasteiger partial charge in [-0.2, -0.15) is 0 Å². The van der Waals surface area contributed by atoms with E-state index in [2.05, 4.69) is 0 Å². The number of hydrogen-bond acceptors (Lipinski definition) is 3. The third-order valence-corrected chi connectivity index (χ3v) is 4.13. The Bertz CT molecular complexity index is 438. The van der Waals surface area contributed by atoms with Gasteiger partial charge in [0.05, 0.1) is 9.90 Å². The molecule has 0 spiro atoms. The fourth-order valence-electron chi connectivity index (χ4n) is 1.22. The molecule has 0 unspecified atom stereocenters. The molecule has 0 N–H and O–H groups in total. The van der Waals surface area contributed by atoms with Crippen molar-refractivity contribution in [2.24, 2.45) is 0 Å². The van der Waals surface area contributed by atoms with Crippen LogP contribution in [0.15, 0.2) is 6.07 Å². The van der Waals surface area contributed by atoms with Crippen LogP contribution in [0, 0.1) is 0 Å². The van der Waals surface area contributed by atoms with Crippen molar-refractivity contribution < 1.29 is 9.53 Å². The number of rotatable bonds is 2. The molecular formula is C8H3Cl5O2S. The van der Waals surface area contributed by atoms with Crippen molar-refractivity contribution in [1.82, 2.24) is 0 Å². The highest BCUT2D eigenvalue weighted by molar-refractivity contribution is 7.20. The molecule has 2 nitrogen and oxygen atoms in total. The predicted molar refractivity (Wildman–Crippen MR) is 67.6 cm³/mol. The number of ketones is 1. The first-order chi connectivity index (χ1) is 7.30. The second kappa shape index (κ2) is 4.47. The lowest BCUT2D eigenvalue weighted by Gasteiger charge is -2.04. The molecule has 1 aliphatic rings. The largest absolute Gasteiger partial charge is 0.356 e. The standard InChI is InChI=1S/C8H3Cl5O2S/c9-3-1-2(7(10)16-3)4(14)5-6(15-5)8(11,12)13/h1,5-6H/t5-,6-/m0/s1. The molecule has 2 heterocycles. The van der Waals surface area contributed by atoms with Gasteiger partial charge in [-0.15, -0.1) is 11.3 Å². The van der Waals surface area contributed by atoms with Gasteiger partial charge in [0.15, 0.2) is 11.9 Å². The lowest BCUT2D eigenvalue weighted by atomic mass is 10.1. The number of Topliss-reactive ketones (excluding diaryl/α,β-unsaturated/α-hetero) is 1. The molecule has 1 saturated heterocycles. The molecule has 2 atom stereocenters. The second-order valence-corrected chi connectivity index (χ2v) is 7.78. The van der Waals surface area contributed by atoms with E-state index in [9.17, 15) is 4.79 Å². The molecule has 0 radical (unpaired) electrons. The minimum Gasteiger partial charge on any atom is -0.356 e. The zero-order valence-electron chi connectivity index (χ0n) is 7.35. The van der Waals surface area contributed by atoms with Gasteiger partial charge in [0, 0.05) is 0 Å². The summed E-state index contributed by atoms with van der Waals surface area (Å²) < 4.78 is 4.16. The van der Waals surface area contributed by atoms with Crippen LogP contribution in [-0.2, 0) is 4.74 Å². The van der Waals surface area contributed by atoms with E-state index in [1.807, 2.05) is 0 Å². The van der Waals surface area contributed by atoms with Gasteiger partial charge in [0.1, 0.15) is 10.4 Å². The van der Waals surface area contributed by atoms with Gasteiger partial charge in [0.2, 0.25) is 3.79 Å². The monoisotopic (exact) mass is 338 g/mol. The fraction of sp³-hybridized carbons (Fsp3) is 0.375. The molecular weight excluding hydrogens is 337 g/mol. The van der Waals surface area contributed by atoms with Crippen molar-refractivity contribution in [3.8, 4) is 0 Å². The van der Waals surface area contributed by atoms with Crippen LogP contribution in [-0.4, -0.2) is 21.8 Å². The molecule has 0 saturated carbocycles. The van der Waals surface area contributed by atoms with E-state index in [1.165, 1.54) is 6.07 Å². The number of epoxide rings is 1. The third-order valence-electron chi connectivity index (χ3n) is 1.99. The van der Waals surface area contributed by atoms with Crippen molar-refractivity contribution in [1.29, 1.82) is 0 Å². The van der Waals surface area contributed by atoms with Gasteiger partial charge in [0.25, 0.3) is 0 Å². The molecule has 1 aliphatic heterocycles. The summed E-state index contributed by atoms with van der Waals surface area (Å²) in [6.45, 7) is 0. The molecule has 1 fully saturated rings. The SMILES string of the molecule is O=C(c1cc(Cl)sc1Cl)[C@@H]1O[C@@H]1C(Cl)(Cl)Cl. The van der Waals surface area contributed by atoms with Crippen molar-refractivity contribution in [3.63, 3.8) is 0 Å². The van der Waals surface area contributed by atoms with Gasteiger partial charge >= 0.3 is 0 Å². The lowest BCUT2D eigenvalue weighted by Crippen LogP contribution is -2.19. The van der Waals surface area contributed by atoms with Crippen LogP contribution in [0.2, 0.25) is 8.67 Å². The highest BCUT2D eigenvalue weighted by Gasteiger charge is 2.56. The molecule has 8 heteroatoms. The zero-order chi connectivity index (χ0) is 12.1. The average Bonchev–Trinajstić information content (AvgIpc) is 2.86. The van der Waals surface area contributed by atoms with Gasteiger partial charge in [-0.1, -0.05) is 58.0 Å². The molecule has 0 aliphatic carbocycles. The number of alkyl halides is 3. The number of carbonyl (C=O) groups is 1. The summed E-state index contributed by atoms with van der Waals surface area (Å²) in [5.74, 6) is -0.315. The van der Waals surface area contributed by atoms with Crippen LogP contribution in [0.1, 0.15) is 10.4 Å². The lowest BCUT2D eigenvalue weighted by molar-refractivity contribution is 0.0954. The van der Waals surface area contributed by atoms with Crippen molar-refractivity contribution in [3.05, 3.63) is 20.3 Å². The van der Waals surface area contributed by atoms with Crippen molar-refractivity contribution in [2.75, 3.05) is 0 Å². The molecule has 1 aromatic rings. The Morgan fingerprint density at radius 2 is 2.00 bits per heavy atom. The Morgan fingerprint density at radius 1 is 1.38 bits per heavy atom. The molecule has 0 amide bonds. The van der Waals surface area contributed by atoms with Gasteiger partial charge in [-0.05, 0) is 6.07 Å². The van der Waals surface area contributed by atoms with Crippen LogP contribution >= 0.6 is 69.3 Å². The van der Waals surface area contributed by atoms with Gasteiger partial charge in [-0.25, -0.2) is 0 Å². The average molecular weight is 340 g/mol. The van der Waals surface area contributed by atoms with Gasteiger partial charge in [-0.3, -0.25) is 4.79 Å². The Hall–Kier alpha value is 0.780. The van der Waals surface area contributed by atoms with E-state index in [-0.39, 0.29) is 5.78 Å². The maximum absolute atomic E-state index is 11.9. The number of thiophene rings is 1. The minimum atomic E-state index is -1.60. The van der Waals surface area contributed by atoms with Crippen molar-refractivity contribution in [2.45, 2.75) is 16.0 Å². The number of hydrogen-bond donors (Lipinski definition) is 0. The number of halogens is 5. The maximum atomic E-state index is 11.9. The third kappa shape index (κ3) is 2.61. The first-order valence-electron chi connectivity index (χ1n) is 4.02. The topological polar surface area (TPSA) is 29.6 Å². The highest BCUT2D eigenvalue weighted by atomic mass is 35.6. The summed E-state index contributed by atoms with van der Waals surface area (Å²) in [6, 6.07) is 1.48. The smallest absolute Gasteiger partial charge is 0.219 e.